The summed E-state index contributed by atoms with van der Waals surface area (Å²) in [6.45, 7) is 1.32. The lowest BCUT2D eigenvalue weighted by molar-refractivity contribution is -0.127. The van der Waals surface area contributed by atoms with Gasteiger partial charge in [-0.15, -0.1) is 0 Å². The minimum Gasteiger partial charge on any atom is -0.391 e. The predicted octanol–water partition coefficient (Wildman–Crippen LogP) is 3.72. The Morgan fingerprint density at radius 2 is 1.87 bits per heavy atom. The van der Waals surface area contributed by atoms with Crippen LogP contribution in [0.3, 0.4) is 0 Å². The van der Waals surface area contributed by atoms with Crippen LogP contribution in [-0.2, 0) is 9.59 Å². The number of carbonyl (C=O) groups is 2. The van der Waals surface area contributed by atoms with Crippen molar-refractivity contribution in [2.75, 3.05) is 0 Å². The van der Waals surface area contributed by atoms with Crippen LogP contribution in [0.2, 0.25) is 5.02 Å². The minimum atomic E-state index is -1.38. The van der Waals surface area contributed by atoms with Crippen LogP contribution in [0.25, 0.3) is 0 Å². The van der Waals surface area contributed by atoms with E-state index >= 15 is 0 Å². The molecule has 3 aliphatic rings. The quantitative estimate of drug-likeness (QED) is 0.588. The molecule has 3 saturated carbocycles. The summed E-state index contributed by atoms with van der Waals surface area (Å²) in [5.74, 6) is -3.23. The molecular weight excluding hydrogens is 433 g/mol. The van der Waals surface area contributed by atoms with E-state index in [1.807, 2.05) is 0 Å². The standard InChI is InChI=1S/C22H26ClF3N2O3/c1-11(29)27-15-8-12(9-16(15)30)20(31)28-19(17-14(24)3-2-13(23)18(17)25)21-4-6-22(26,10-21)7-5-21/h2-3,12,15-16,19,30H,4-10H2,1H3,(H,27,29)(H,28,31)/t12-,15-,16-,19+,21?,22?/m0/s1. The van der Waals surface area contributed by atoms with E-state index in [1.165, 1.54) is 6.92 Å². The molecule has 0 heterocycles. The lowest BCUT2D eigenvalue weighted by atomic mass is 9.74. The first-order valence-electron chi connectivity index (χ1n) is 10.6. The van der Waals surface area contributed by atoms with E-state index in [9.17, 15) is 27.9 Å². The van der Waals surface area contributed by atoms with Crippen molar-refractivity contribution in [3.63, 3.8) is 0 Å². The van der Waals surface area contributed by atoms with Crippen molar-refractivity contribution in [2.24, 2.45) is 11.3 Å². The van der Waals surface area contributed by atoms with E-state index in [4.69, 9.17) is 11.6 Å². The first kappa shape index (κ1) is 22.4. The zero-order valence-corrected chi connectivity index (χ0v) is 17.9. The highest BCUT2D eigenvalue weighted by Gasteiger charge is 2.59. The second-order valence-corrected chi connectivity index (χ2v) is 9.84. The Kier molecular flexibility index (Phi) is 5.75. The van der Waals surface area contributed by atoms with Crippen molar-refractivity contribution in [3.8, 4) is 0 Å². The number of hydrogen-bond donors (Lipinski definition) is 3. The summed E-state index contributed by atoms with van der Waals surface area (Å²) < 4.78 is 44.7. The molecule has 0 radical (unpaired) electrons. The first-order valence-corrected chi connectivity index (χ1v) is 11.0. The number of halogens is 4. The van der Waals surface area contributed by atoms with Crippen molar-refractivity contribution in [2.45, 2.75) is 75.7 Å². The number of aliphatic hydroxyl groups excluding tert-OH is 1. The van der Waals surface area contributed by atoms with Gasteiger partial charge in [0, 0.05) is 18.4 Å². The third kappa shape index (κ3) is 4.04. The Labute approximate surface area is 183 Å². The van der Waals surface area contributed by atoms with Crippen molar-refractivity contribution < 1.29 is 27.9 Å². The molecule has 31 heavy (non-hydrogen) atoms. The molecule has 0 saturated heterocycles. The van der Waals surface area contributed by atoms with E-state index in [-0.39, 0.29) is 48.6 Å². The molecule has 2 bridgehead atoms. The zero-order valence-electron chi connectivity index (χ0n) is 17.2. The molecule has 1 aromatic rings. The average molecular weight is 459 g/mol. The van der Waals surface area contributed by atoms with Gasteiger partial charge in [-0.1, -0.05) is 11.6 Å². The normalized spacial score (nSPS) is 35.2. The molecule has 0 aromatic heterocycles. The molecule has 170 valence electrons. The predicted molar refractivity (Wildman–Crippen MR) is 108 cm³/mol. The Morgan fingerprint density at radius 1 is 1.19 bits per heavy atom. The molecule has 1 aromatic carbocycles. The fourth-order valence-corrected chi connectivity index (χ4v) is 5.98. The number of carbonyl (C=O) groups excluding carboxylic acids is 2. The Balaban J connectivity index is 1.63. The summed E-state index contributed by atoms with van der Waals surface area (Å²) in [6, 6.07) is 0.520. The van der Waals surface area contributed by atoms with Crippen LogP contribution in [-0.4, -0.2) is 34.7 Å². The highest BCUT2D eigenvalue weighted by molar-refractivity contribution is 6.30. The van der Waals surface area contributed by atoms with Crippen LogP contribution in [0.4, 0.5) is 13.2 Å². The van der Waals surface area contributed by atoms with Gasteiger partial charge in [-0.25, -0.2) is 13.2 Å². The molecule has 4 rings (SSSR count). The van der Waals surface area contributed by atoms with Crippen molar-refractivity contribution in [3.05, 3.63) is 34.4 Å². The first-order chi connectivity index (χ1) is 14.5. The van der Waals surface area contributed by atoms with Crippen LogP contribution in [0, 0.1) is 23.0 Å². The maximum atomic E-state index is 15.0. The number of nitrogens with one attached hydrogen (secondary N) is 2. The van der Waals surface area contributed by atoms with Crippen LogP contribution < -0.4 is 10.6 Å². The number of rotatable bonds is 5. The average Bonchev–Trinajstić information content (AvgIpc) is 3.35. The number of hydrogen-bond acceptors (Lipinski definition) is 3. The molecular formula is C22H26ClF3N2O3. The summed E-state index contributed by atoms with van der Waals surface area (Å²) in [7, 11) is 0. The maximum absolute atomic E-state index is 15.0. The van der Waals surface area contributed by atoms with Gasteiger partial charge in [0.15, 0.2) is 0 Å². The number of aliphatic hydroxyl groups is 1. The van der Waals surface area contributed by atoms with Crippen LogP contribution in [0.5, 0.6) is 0 Å². The van der Waals surface area contributed by atoms with E-state index in [0.29, 0.717) is 12.8 Å². The summed E-state index contributed by atoms with van der Waals surface area (Å²) >= 11 is 5.91. The molecule has 3 fully saturated rings. The molecule has 0 aliphatic heterocycles. The van der Waals surface area contributed by atoms with E-state index < -0.39 is 52.7 Å². The van der Waals surface area contributed by atoms with Crippen molar-refractivity contribution in [1.29, 1.82) is 0 Å². The number of fused-ring (bicyclic) bond motifs is 2. The van der Waals surface area contributed by atoms with Gasteiger partial charge in [-0.3, -0.25) is 9.59 Å². The molecule has 2 amide bonds. The number of benzene rings is 1. The van der Waals surface area contributed by atoms with Gasteiger partial charge in [-0.05, 0) is 62.5 Å². The largest absolute Gasteiger partial charge is 0.391 e. The van der Waals surface area contributed by atoms with E-state index in [1.54, 1.807) is 0 Å². The lowest BCUT2D eigenvalue weighted by Crippen LogP contribution is -2.42. The molecule has 9 heteroatoms. The SMILES string of the molecule is CC(=O)N[C@H]1C[C@H](C(=O)N[C@H](c2c(F)ccc(Cl)c2F)C23CCC(F)(CC2)C3)C[C@@H]1O. The van der Waals surface area contributed by atoms with Gasteiger partial charge in [0.05, 0.1) is 23.2 Å². The summed E-state index contributed by atoms with van der Waals surface area (Å²) in [5.41, 5.74) is -2.52. The highest BCUT2D eigenvalue weighted by Crippen LogP contribution is 2.63. The molecule has 3 aliphatic carbocycles. The van der Waals surface area contributed by atoms with E-state index in [2.05, 4.69) is 10.6 Å². The van der Waals surface area contributed by atoms with E-state index in [0.717, 1.165) is 12.1 Å². The number of amides is 2. The summed E-state index contributed by atoms with van der Waals surface area (Å²) in [4.78, 5) is 24.4. The zero-order chi connectivity index (χ0) is 22.6. The Bertz CT molecular complexity index is 904. The smallest absolute Gasteiger partial charge is 0.223 e. The molecule has 3 N–H and O–H groups in total. The van der Waals surface area contributed by atoms with Gasteiger partial charge in [-0.2, -0.15) is 0 Å². The van der Waals surface area contributed by atoms with Crippen molar-refractivity contribution in [1.82, 2.24) is 10.6 Å². The summed E-state index contributed by atoms with van der Waals surface area (Å²) in [6.07, 6.45) is 0.935. The second kappa shape index (κ2) is 7.96. The Morgan fingerprint density at radius 3 is 2.45 bits per heavy atom. The van der Waals surface area contributed by atoms with Gasteiger partial charge < -0.3 is 15.7 Å². The molecule has 0 spiro atoms. The summed E-state index contributed by atoms with van der Waals surface area (Å²) in [5, 5.41) is 15.3. The second-order valence-electron chi connectivity index (χ2n) is 9.43. The van der Waals surface area contributed by atoms with Crippen LogP contribution in [0.15, 0.2) is 12.1 Å². The Hall–Kier alpha value is -1.80. The molecule has 5 nitrogen and oxygen atoms in total. The highest BCUT2D eigenvalue weighted by atomic mass is 35.5. The monoisotopic (exact) mass is 458 g/mol. The fourth-order valence-electron chi connectivity index (χ4n) is 5.82. The maximum Gasteiger partial charge on any atom is 0.223 e. The van der Waals surface area contributed by atoms with Crippen molar-refractivity contribution >= 4 is 23.4 Å². The lowest BCUT2D eigenvalue weighted by Gasteiger charge is -2.37. The minimum absolute atomic E-state index is 0.115. The third-order valence-corrected chi connectivity index (χ3v) is 7.66. The van der Waals surface area contributed by atoms with Gasteiger partial charge >= 0.3 is 0 Å². The topological polar surface area (TPSA) is 78.4 Å². The fraction of sp³-hybridized carbons (Fsp3) is 0.636. The van der Waals surface area contributed by atoms with Crippen LogP contribution >= 0.6 is 11.6 Å². The molecule has 4 atom stereocenters. The van der Waals surface area contributed by atoms with Gasteiger partial charge in [0.1, 0.15) is 17.3 Å². The van der Waals surface area contributed by atoms with Gasteiger partial charge in [0.25, 0.3) is 0 Å². The number of alkyl halides is 1. The van der Waals surface area contributed by atoms with Crippen LogP contribution in [0.1, 0.15) is 63.5 Å². The third-order valence-electron chi connectivity index (χ3n) is 7.37. The molecule has 0 unspecified atom stereocenters. The van der Waals surface area contributed by atoms with Gasteiger partial charge in [0.2, 0.25) is 11.8 Å².